The molecule has 5 heteroatoms. The largest absolute Gasteiger partial charge is 0.494 e. The van der Waals surface area contributed by atoms with Crippen molar-refractivity contribution in [2.45, 2.75) is 26.8 Å². The molecule has 0 radical (unpaired) electrons. The van der Waals surface area contributed by atoms with Gasteiger partial charge in [0, 0.05) is 18.3 Å². The van der Waals surface area contributed by atoms with E-state index in [1.165, 1.54) is 23.8 Å². The number of hydrogen-bond donors (Lipinski definition) is 0. The minimum absolute atomic E-state index is 0.0285. The Kier molecular flexibility index (Phi) is 5.17. The molecule has 0 saturated heterocycles. The Bertz CT molecular complexity index is 804. The normalized spacial score (nSPS) is 10.6. The Hall–Kier alpha value is -2.61. The highest BCUT2D eigenvalue weighted by atomic mass is 19.1. The quantitative estimate of drug-likeness (QED) is 0.847. The van der Waals surface area contributed by atoms with E-state index in [1.54, 1.807) is 18.3 Å². The number of nitrogens with zero attached hydrogens (tertiary/aromatic N) is 2. The molecular formula is C18H19FN2O2. The lowest BCUT2D eigenvalue weighted by atomic mass is 10.0. The number of benzene rings is 1. The first kappa shape index (κ1) is 16.8. The Morgan fingerprint density at radius 1 is 1.35 bits per heavy atom. The van der Waals surface area contributed by atoms with Crippen molar-refractivity contribution in [3.63, 3.8) is 0 Å². The van der Waals surface area contributed by atoms with Gasteiger partial charge in [-0.05, 0) is 36.1 Å². The molecule has 0 unspecified atom stereocenters. The Labute approximate surface area is 134 Å². The summed E-state index contributed by atoms with van der Waals surface area (Å²) in [6.07, 6.45) is 2.50. The van der Waals surface area contributed by atoms with Crippen molar-refractivity contribution in [2.75, 3.05) is 7.11 Å². The minimum Gasteiger partial charge on any atom is -0.494 e. The van der Waals surface area contributed by atoms with Crippen LogP contribution in [0.5, 0.6) is 5.75 Å². The molecule has 0 aliphatic rings. The summed E-state index contributed by atoms with van der Waals surface area (Å²) in [4.78, 5) is 12.4. The Morgan fingerprint density at radius 3 is 2.65 bits per heavy atom. The third-order valence-corrected chi connectivity index (χ3v) is 3.69. The topological polar surface area (TPSA) is 55.0 Å². The molecule has 2 aromatic rings. The van der Waals surface area contributed by atoms with Gasteiger partial charge >= 0.3 is 0 Å². The van der Waals surface area contributed by atoms with Crippen LogP contribution < -0.4 is 10.3 Å². The predicted octanol–water partition coefficient (Wildman–Crippen LogP) is 3.58. The zero-order valence-electron chi connectivity index (χ0n) is 13.5. The summed E-state index contributed by atoms with van der Waals surface area (Å²) < 4.78 is 20.3. The maximum absolute atomic E-state index is 13.9. The highest BCUT2D eigenvalue weighted by molar-refractivity contribution is 5.70. The first-order valence-electron chi connectivity index (χ1n) is 7.45. The predicted molar refractivity (Wildman–Crippen MR) is 86.8 cm³/mol. The molecule has 0 spiro atoms. The molecule has 0 N–H and O–H groups in total. The van der Waals surface area contributed by atoms with Crippen LogP contribution in [0.4, 0.5) is 4.39 Å². The van der Waals surface area contributed by atoms with Crippen LogP contribution in [0.2, 0.25) is 0 Å². The zero-order valence-corrected chi connectivity index (χ0v) is 13.5. The van der Waals surface area contributed by atoms with Gasteiger partial charge in [-0.25, -0.2) is 4.39 Å². The third kappa shape index (κ3) is 3.59. The molecule has 0 fully saturated rings. The van der Waals surface area contributed by atoms with Crippen LogP contribution in [0, 0.1) is 23.1 Å². The molecule has 0 amide bonds. The van der Waals surface area contributed by atoms with Gasteiger partial charge in [-0.2, -0.15) is 5.26 Å². The Balaban J connectivity index is 2.48. The average Bonchev–Trinajstić information content (AvgIpc) is 2.53. The summed E-state index contributed by atoms with van der Waals surface area (Å²) in [5.74, 6) is 0.0539. The van der Waals surface area contributed by atoms with E-state index in [1.807, 2.05) is 6.07 Å². The van der Waals surface area contributed by atoms with Crippen LogP contribution >= 0.6 is 0 Å². The van der Waals surface area contributed by atoms with E-state index in [0.29, 0.717) is 23.6 Å². The minimum atomic E-state index is -0.530. The van der Waals surface area contributed by atoms with Gasteiger partial charge < -0.3 is 9.30 Å². The van der Waals surface area contributed by atoms with E-state index < -0.39 is 5.82 Å². The number of methoxy groups -OCH3 is 1. The molecule has 0 aliphatic carbocycles. The lowest BCUT2D eigenvalue weighted by Crippen LogP contribution is -2.23. The summed E-state index contributed by atoms with van der Waals surface area (Å²) in [5.41, 5.74) is 0.593. The van der Waals surface area contributed by atoms with Gasteiger partial charge in [-0.1, -0.05) is 19.9 Å². The number of aromatic nitrogens is 1. The summed E-state index contributed by atoms with van der Waals surface area (Å²) >= 11 is 0. The third-order valence-electron chi connectivity index (χ3n) is 3.69. The highest BCUT2D eigenvalue weighted by Crippen LogP contribution is 2.26. The SMILES string of the molecule is COc1ccc(-c2ccn(CCC(C)C)c(=O)c2C#N)cc1F. The summed E-state index contributed by atoms with van der Waals surface area (Å²) in [6.45, 7) is 4.71. The summed E-state index contributed by atoms with van der Waals surface area (Å²) in [7, 11) is 1.38. The van der Waals surface area contributed by atoms with Gasteiger partial charge in [0.1, 0.15) is 11.6 Å². The zero-order chi connectivity index (χ0) is 17.0. The molecule has 23 heavy (non-hydrogen) atoms. The van der Waals surface area contributed by atoms with Gasteiger partial charge in [0.25, 0.3) is 5.56 Å². The monoisotopic (exact) mass is 314 g/mol. The molecule has 1 aromatic heterocycles. The van der Waals surface area contributed by atoms with Crippen molar-refractivity contribution < 1.29 is 9.13 Å². The van der Waals surface area contributed by atoms with E-state index in [2.05, 4.69) is 13.8 Å². The average molecular weight is 314 g/mol. The van der Waals surface area contributed by atoms with Crippen molar-refractivity contribution in [1.82, 2.24) is 4.57 Å². The van der Waals surface area contributed by atoms with Crippen LogP contribution in [0.25, 0.3) is 11.1 Å². The van der Waals surface area contributed by atoms with Crippen LogP contribution in [0.3, 0.4) is 0 Å². The lowest BCUT2D eigenvalue weighted by Gasteiger charge is -2.11. The second kappa shape index (κ2) is 7.10. The van der Waals surface area contributed by atoms with Gasteiger partial charge in [-0.15, -0.1) is 0 Å². The molecular weight excluding hydrogens is 295 g/mol. The summed E-state index contributed by atoms with van der Waals surface area (Å²) in [6, 6.07) is 8.02. The van der Waals surface area contributed by atoms with Crippen molar-refractivity contribution in [2.24, 2.45) is 5.92 Å². The molecule has 120 valence electrons. The standard InChI is InChI=1S/C18H19FN2O2/c1-12(2)6-8-21-9-7-14(15(11-20)18(21)22)13-4-5-17(23-3)16(19)10-13/h4-5,7,9-10,12H,6,8H2,1-3H3. The Morgan fingerprint density at radius 2 is 2.09 bits per heavy atom. The van der Waals surface area contributed by atoms with Crippen molar-refractivity contribution in [3.05, 3.63) is 52.2 Å². The highest BCUT2D eigenvalue weighted by Gasteiger charge is 2.13. The van der Waals surface area contributed by atoms with E-state index >= 15 is 0 Å². The van der Waals surface area contributed by atoms with E-state index in [4.69, 9.17) is 4.74 Å². The number of rotatable bonds is 5. The van der Waals surface area contributed by atoms with E-state index in [-0.39, 0.29) is 16.9 Å². The maximum Gasteiger partial charge on any atom is 0.269 e. The van der Waals surface area contributed by atoms with E-state index in [9.17, 15) is 14.4 Å². The lowest BCUT2D eigenvalue weighted by molar-refractivity contribution is 0.386. The fraction of sp³-hybridized carbons (Fsp3) is 0.333. The fourth-order valence-corrected chi connectivity index (χ4v) is 2.33. The van der Waals surface area contributed by atoms with Crippen molar-refractivity contribution in [3.8, 4) is 22.9 Å². The molecule has 0 aliphatic heterocycles. The van der Waals surface area contributed by atoms with Crippen LogP contribution in [-0.2, 0) is 6.54 Å². The van der Waals surface area contributed by atoms with Crippen LogP contribution in [0.1, 0.15) is 25.8 Å². The number of ether oxygens (including phenoxy) is 1. The second-order valence-electron chi connectivity index (χ2n) is 5.75. The van der Waals surface area contributed by atoms with Gasteiger partial charge in [-0.3, -0.25) is 4.79 Å². The fourth-order valence-electron chi connectivity index (χ4n) is 2.33. The number of nitriles is 1. The first-order chi connectivity index (χ1) is 11.0. The smallest absolute Gasteiger partial charge is 0.269 e. The van der Waals surface area contributed by atoms with Gasteiger partial charge in [0.15, 0.2) is 11.6 Å². The second-order valence-corrected chi connectivity index (χ2v) is 5.75. The van der Waals surface area contributed by atoms with Gasteiger partial charge in [0.05, 0.1) is 7.11 Å². The number of hydrogen-bond acceptors (Lipinski definition) is 3. The number of pyridine rings is 1. The van der Waals surface area contributed by atoms with E-state index in [0.717, 1.165) is 6.42 Å². The number of halogens is 1. The van der Waals surface area contributed by atoms with Crippen molar-refractivity contribution in [1.29, 1.82) is 5.26 Å². The molecule has 0 bridgehead atoms. The molecule has 1 aromatic carbocycles. The summed E-state index contributed by atoms with van der Waals surface area (Å²) in [5, 5.41) is 9.35. The number of aryl methyl sites for hydroxylation is 1. The molecule has 2 rings (SSSR count). The molecule has 0 saturated carbocycles. The van der Waals surface area contributed by atoms with Gasteiger partial charge in [0.2, 0.25) is 0 Å². The molecule has 1 heterocycles. The maximum atomic E-state index is 13.9. The first-order valence-corrected chi connectivity index (χ1v) is 7.45. The molecule has 4 nitrogen and oxygen atoms in total. The van der Waals surface area contributed by atoms with Crippen LogP contribution in [0.15, 0.2) is 35.3 Å². The molecule has 0 atom stereocenters. The van der Waals surface area contributed by atoms with Crippen LogP contribution in [-0.4, -0.2) is 11.7 Å². The van der Waals surface area contributed by atoms with Crippen molar-refractivity contribution >= 4 is 0 Å².